The third-order valence-electron chi connectivity index (χ3n) is 2.34. The Morgan fingerprint density at radius 1 is 1.35 bits per heavy atom. The molecule has 0 aliphatic heterocycles. The number of hydrogen-bond acceptors (Lipinski definition) is 2. The van der Waals surface area contributed by atoms with E-state index in [2.05, 4.69) is 15.9 Å². The van der Waals surface area contributed by atoms with Gasteiger partial charge in [0.1, 0.15) is 0 Å². The Balaban J connectivity index is 2.91. The van der Waals surface area contributed by atoms with Crippen molar-refractivity contribution in [2.45, 2.75) is 20.8 Å². The maximum atomic E-state index is 11.7. The molecular formula is C14H17BrO2. The lowest BCUT2D eigenvalue weighted by Gasteiger charge is -2.18. The van der Waals surface area contributed by atoms with Crippen LogP contribution in [0.3, 0.4) is 0 Å². The van der Waals surface area contributed by atoms with Gasteiger partial charge in [-0.2, -0.15) is 0 Å². The zero-order chi connectivity index (χ0) is 12.9. The Morgan fingerprint density at radius 2 is 1.94 bits per heavy atom. The Hall–Kier alpha value is -1.09. The van der Waals surface area contributed by atoms with Crippen molar-refractivity contribution in [2.75, 3.05) is 6.61 Å². The number of halogens is 1. The molecule has 0 radical (unpaired) electrons. The SMILES string of the molecule is CCOC(=O)C(C)(C)/C=C(/Br)c1ccccc1. The molecule has 0 N–H and O–H groups in total. The van der Waals surface area contributed by atoms with E-state index in [1.807, 2.05) is 57.2 Å². The average molecular weight is 297 g/mol. The molecule has 0 spiro atoms. The molecule has 0 saturated carbocycles. The first kappa shape index (κ1) is 14.0. The molecule has 0 aliphatic carbocycles. The summed E-state index contributed by atoms with van der Waals surface area (Å²) < 4.78 is 5.94. The molecule has 0 saturated heterocycles. The van der Waals surface area contributed by atoms with Crippen LogP contribution in [-0.2, 0) is 9.53 Å². The highest BCUT2D eigenvalue weighted by Gasteiger charge is 2.27. The maximum Gasteiger partial charge on any atom is 0.315 e. The van der Waals surface area contributed by atoms with Crippen molar-refractivity contribution in [1.82, 2.24) is 0 Å². The van der Waals surface area contributed by atoms with Gasteiger partial charge in [0.05, 0.1) is 12.0 Å². The van der Waals surface area contributed by atoms with Crippen molar-refractivity contribution in [3.63, 3.8) is 0 Å². The molecule has 0 heterocycles. The summed E-state index contributed by atoms with van der Waals surface area (Å²) in [6, 6.07) is 9.85. The predicted molar refractivity (Wildman–Crippen MR) is 73.8 cm³/mol. The highest BCUT2D eigenvalue weighted by Crippen LogP contribution is 2.29. The van der Waals surface area contributed by atoms with Gasteiger partial charge in [-0.3, -0.25) is 4.79 Å². The van der Waals surface area contributed by atoms with Crippen molar-refractivity contribution < 1.29 is 9.53 Å². The molecule has 0 aliphatic rings. The molecule has 0 unspecified atom stereocenters. The molecule has 0 atom stereocenters. The second kappa shape index (κ2) is 6.01. The molecule has 2 nitrogen and oxygen atoms in total. The van der Waals surface area contributed by atoms with Crippen LogP contribution in [0.4, 0.5) is 0 Å². The standard InChI is InChI=1S/C14H17BrO2/c1-4-17-13(16)14(2,3)10-12(15)11-8-6-5-7-9-11/h5-10H,4H2,1-3H3/b12-10+. The Labute approximate surface area is 111 Å². The molecule has 0 aromatic heterocycles. The van der Waals surface area contributed by atoms with Gasteiger partial charge in [-0.1, -0.05) is 52.3 Å². The molecule has 0 fully saturated rings. The Bertz CT molecular complexity index is 407. The first-order valence-electron chi connectivity index (χ1n) is 5.58. The molecule has 92 valence electrons. The lowest BCUT2D eigenvalue weighted by atomic mass is 9.92. The normalized spacial score (nSPS) is 12.4. The van der Waals surface area contributed by atoms with Crippen LogP contribution in [0.2, 0.25) is 0 Å². The van der Waals surface area contributed by atoms with Gasteiger partial charge in [0.2, 0.25) is 0 Å². The van der Waals surface area contributed by atoms with Crippen LogP contribution in [0.25, 0.3) is 4.48 Å². The fraction of sp³-hybridized carbons (Fsp3) is 0.357. The number of carbonyl (C=O) groups is 1. The van der Waals surface area contributed by atoms with Crippen LogP contribution < -0.4 is 0 Å². The van der Waals surface area contributed by atoms with E-state index in [1.54, 1.807) is 0 Å². The largest absolute Gasteiger partial charge is 0.465 e. The molecule has 1 rings (SSSR count). The van der Waals surface area contributed by atoms with Crippen molar-refractivity contribution in [3.8, 4) is 0 Å². The van der Waals surface area contributed by atoms with E-state index < -0.39 is 5.41 Å². The predicted octanol–water partition coefficient (Wildman–Crippen LogP) is 4.01. The van der Waals surface area contributed by atoms with Gasteiger partial charge >= 0.3 is 5.97 Å². The highest BCUT2D eigenvalue weighted by molar-refractivity contribution is 9.15. The minimum Gasteiger partial charge on any atom is -0.465 e. The van der Waals surface area contributed by atoms with Gasteiger partial charge in [0.25, 0.3) is 0 Å². The lowest BCUT2D eigenvalue weighted by molar-refractivity contribution is -0.150. The fourth-order valence-corrected chi connectivity index (χ4v) is 2.21. The van der Waals surface area contributed by atoms with Crippen molar-refractivity contribution in [1.29, 1.82) is 0 Å². The number of rotatable bonds is 4. The van der Waals surface area contributed by atoms with Gasteiger partial charge < -0.3 is 4.74 Å². The number of hydrogen-bond donors (Lipinski definition) is 0. The number of benzene rings is 1. The Morgan fingerprint density at radius 3 is 2.47 bits per heavy atom. The number of ether oxygens (including phenoxy) is 1. The first-order valence-corrected chi connectivity index (χ1v) is 6.37. The van der Waals surface area contributed by atoms with E-state index in [1.165, 1.54) is 0 Å². The van der Waals surface area contributed by atoms with Gasteiger partial charge in [0, 0.05) is 4.48 Å². The number of esters is 1. The summed E-state index contributed by atoms with van der Waals surface area (Å²) in [6.07, 6.45) is 1.88. The van der Waals surface area contributed by atoms with Crippen LogP contribution >= 0.6 is 15.9 Å². The van der Waals surface area contributed by atoms with E-state index in [4.69, 9.17) is 4.74 Å². The van der Waals surface area contributed by atoms with Crippen LogP contribution in [0.15, 0.2) is 36.4 Å². The third kappa shape index (κ3) is 4.00. The summed E-state index contributed by atoms with van der Waals surface area (Å²) in [5.41, 5.74) is 0.412. The number of carbonyl (C=O) groups excluding carboxylic acids is 1. The summed E-state index contributed by atoms with van der Waals surface area (Å²) in [4.78, 5) is 11.7. The third-order valence-corrected chi connectivity index (χ3v) is 3.03. The van der Waals surface area contributed by atoms with Gasteiger partial charge in [-0.05, 0) is 26.3 Å². The van der Waals surface area contributed by atoms with E-state index in [9.17, 15) is 4.79 Å². The zero-order valence-corrected chi connectivity index (χ0v) is 12.0. The van der Waals surface area contributed by atoms with E-state index in [-0.39, 0.29) is 5.97 Å². The minimum absolute atomic E-state index is 0.215. The molecule has 17 heavy (non-hydrogen) atoms. The van der Waals surface area contributed by atoms with Crippen molar-refractivity contribution in [2.24, 2.45) is 5.41 Å². The topological polar surface area (TPSA) is 26.3 Å². The minimum atomic E-state index is -0.634. The zero-order valence-electron chi connectivity index (χ0n) is 10.4. The fourth-order valence-electron chi connectivity index (χ4n) is 1.37. The van der Waals surface area contributed by atoms with Crippen molar-refractivity contribution >= 4 is 26.4 Å². The van der Waals surface area contributed by atoms with Crippen LogP contribution in [0.5, 0.6) is 0 Å². The summed E-state index contributed by atoms with van der Waals surface area (Å²) in [5, 5.41) is 0. The second-order valence-corrected chi connectivity index (χ2v) is 5.15. The van der Waals surface area contributed by atoms with E-state index in [0.717, 1.165) is 10.0 Å². The van der Waals surface area contributed by atoms with Crippen molar-refractivity contribution in [3.05, 3.63) is 42.0 Å². The monoisotopic (exact) mass is 296 g/mol. The molecule has 0 bridgehead atoms. The quantitative estimate of drug-likeness (QED) is 0.785. The average Bonchev–Trinajstić information content (AvgIpc) is 2.30. The summed E-state index contributed by atoms with van der Waals surface area (Å²) in [6.45, 7) is 5.90. The van der Waals surface area contributed by atoms with Crippen LogP contribution in [0.1, 0.15) is 26.3 Å². The molecular weight excluding hydrogens is 280 g/mol. The highest BCUT2D eigenvalue weighted by atomic mass is 79.9. The van der Waals surface area contributed by atoms with Crippen LogP contribution in [-0.4, -0.2) is 12.6 Å². The second-order valence-electron chi connectivity index (χ2n) is 4.30. The lowest BCUT2D eigenvalue weighted by Crippen LogP contribution is -2.24. The molecule has 0 amide bonds. The molecule has 1 aromatic carbocycles. The van der Waals surface area contributed by atoms with Crippen LogP contribution in [0, 0.1) is 5.41 Å². The summed E-state index contributed by atoms with van der Waals surface area (Å²) in [5.74, 6) is -0.215. The first-order chi connectivity index (χ1) is 7.97. The van der Waals surface area contributed by atoms with E-state index >= 15 is 0 Å². The van der Waals surface area contributed by atoms with Gasteiger partial charge in [0.15, 0.2) is 0 Å². The summed E-state index contributed by atoms with van der Waals surface area (Å²) in [7, 11) is 0. The molecule has 1 aromatic rings. The maximum absolute atomic E-state index is 11.7. The van der Waals surface area contributed by atoms with E-state index in [0.29, 0.717) is 6.61 Å². The van der Waals surface area contributed by atoms with Gasteiger partial charge in [-0.25, -0.2) is 0 Å². The summed E-state index contributed by atoms with van der Waals surface area (Å²) >= 11 is 3.49. The smallest absolute Gasteiger partial charge is 0.315 e. The Kier molecular flexibility index (Phi) is 4.94. The molecule has 3 heteroatoms. The van der Waals surface area contributed by atoms with Gasteiger partial charge in [-0.15, -0.1) is 0 Å².